The van der Waals surface area contributed by atoms with Gasteiger partial charge in [-0.3, -0.25) is 0 Å². The van der Waals surface area contributed by atoms with Gasteiger partial charge < -0.3 is 0 Å². The molecule has 1 rings (SSSR count). The van der Waals surface area contributed by atoms with Crippen molar-refractivity contribution >= 4 is 6.08 Å². The summed E-state index contributed by atoms with van der Waals surface area (Å²) in [6, 6.07) is 8.12. The van der Waals surface area contributed by atoms with Gasteiger partial charge >= 0.3 is 0 Å². The number of rotatable bonds is 2. The predicted octanol–water partition coefficient (Wildman–Crippen LogP) is 3.38. The van der Waals surface area contributed by atoms with Crippen molar-refractivity contribution < 1.29 is 4.79 Å². The van der Waals surface area contributed by atoms with E-state index in [1.165, 1.54) is 5.56 Å². The van der Waals surface area contributed by atoms with Gasteiger partial charge in [0.1, 0.15) is 0 Å². The molecule has 0 aliphatic carbocycles. The number of aliphatic imine (C=N–C) groups is 1. The highest BCUT2D eigenvalue weighted by Gasteiger charge is 2.13. The molecule has 15 heavy (non-hydrogen) atoms. The SMILES string of the molecule is CC(N=C=O)c1ccc(C(C)(C)C)cc1. The molecule has 0 saturated carbocycles. The summed E-state index contributed by atoms with van der Waals surface area (Å²) >= 11 is 0. The van der Waals surface area contributed by atoms with Crippen LogP contribution < -0.4 is 0 Å². The summed E-state index contributed by atoms with van der Waals surface area (Å²) in [6.45, 7) is 8.41. The second kappa shape index (κ2) is 4.41. The minimum absolute atomic E-state index is 0.100. The molecule has 0 spiro atoms. The zero-order valence-electron chi connectivity index (χ0n) is 9.74. The molecule has 1 aromatic carbocycles. The summed E-state index contributed by atoms with van der Waals surface area (Å²) in [5.74, 6) is 0. The highest BCUT2D eigenvalue weighted by molar-refractivity contribution is 5.36. The lowest BCUT2D eigenvalue weighted by Crippen LogP contribution is -2.10. The first-order valence-electron chi connectivity index (χ1n) is 5.12. The van der Waals surface area contributed by atoms with E-state index in [2.05, 4.69) is 37.9 Å². The van der Waals surface area contributed by atoms with Gasteiger partial charge in [0.05, 0.1) is 6.04 Å². The van der Waals surface area contributed by atoms with E-state index in [4.69, 9.17) is 0 Å². The fraction of sp³-hybridized carbons (Fsp3) is 0.462. The Balaban J connectivity index is 2.95. The normalized spacial score (nSPS) is 13.1. The number of hydrogen-bond acceptors (Lipinski definition) is 2. The lowest BCUT2D eigenvalue weighted by molar-refractivity contribution is 0.559. The van der Waals surface area contributed by atoms with Gasteiger partial charge in [-0.2, -0.15) is 4.99 Å². The molecule has 0 saturated heterocycles. The average Bonchev–Trinajstić information content (AvgIpc) is 2.17. The van der Waals surface area contributed by atoms with Crippen LogP contribution in [0.1, 0.15) is 44.9 Å². The van der Waals surface area contributed by atoms with E-state index in [0.717, 1.165) is 5.56 Å². The quantitative estimate of drug-likeness (QED) is 0.535. The molecular weight excluding hydrogens is 186 g/mol. The fourth-order valence-corrected chi connectivity index (χ4v) is 1.42. The van der Waals surface area contributed by atoms with Gasteiger partial charge in [0, 0.05) is 0 Å². The smallest absolute Gasteiger partial charge is 0.211 e. The zero-order valence-corrected chi connectivity index (χ0v) is 9.74. The van der Waals surface area contributed by atoms with Crippen molar-refractivity contribution in [1.29, 1.82) is 0 Å². The lowest BCUT2D eigenvalue weighted by Gasteiger charge is -2.19. The molecule has 0 bridgehead atoms. The van der Waals surface area contributed by atoms with E-state index >= 15 is 0 Å². The Morgan fingerprint density at radius 3 is 2.13 bits per heavy atom. The third kappa shape index (κ3) is 3.03. The van der Waals surface area contributed by atoms with Crippen molar-refractivity contribution in [1.82, 2.24) is 0 Å². The monoisotopic (exact) mass is 203 g/mol. The van der Waals surface area contributed by atoms with E-state index < -0.39 is 0 Å². The molecule has 0 aliphatic heterocycles. The molecule has 0 fully saturated rings. The zero-order chi connectivity index (χ0) is 11.5. The van der Waals surface area contributed by atoms with Crippen molar-refractivity contribution in [2.75, 3.05) is 0 Å². The number of nitrogens with zero attached hydrogens (tertiary/aromatic N) is 1. The summed E-state index contributed by atoms with van der Waals surface area (Å²) in [5, 5.41) is 0. The number of hydrogen-bond donors (Lipinski definition) is 0. The number of isocyanates is 1. The van der Waals surface area contributed by atoms with Gasteiger partial charge in [-0.1, -0.05) is 45.0 Å². The highest BCUT2D eigenvalue weighted by atomic mass is 16.1. The molecule has 2 heteroatoms. The second-order valence-corrected chi connectivity index (χ2v) is 4.77. The first kappa shape index (κ1) is 11.7. The minimum atomic E-state index is -0.100. The molecule has 80 valence electrons. The first-order valence-corrected chi connectivity index (χ1v) is 5.12. The summed E-state index contributed by atoms with van der Waals surface area (Å²) in [4.78, 5) is 13.8. The molecule has 0 aromatic heterocycles. The van der Waals surface area contributed by atoms with Gasteiger partial charge in [0.25, 0.3) is 0 Å². The standard InChI is InChI=1S/C13H17NO/c1-10(14-9-15)11-5-7-12(8-6-11)13(2,3)4/h5-8,10H,1-4H3. The molecule has 0 aliphatic rings. The van der Waals surface area contributed by atoms with Gasteiger partial charge in [-0.15, -0.1) is 0 Å². The molecule has 0 radical (unpaired) electrons. The van der Waals surface area contributed by atoms with Gasteiger partial charge in [-0.25, -0.2) is 4.79 Å². The van der Waals surface area contributed by atoms with Crippen LogP contribution >= 0.6 is 0 Å². The van der Waals surface area contributed by atoms with Crippen molar-refractivity contribution in [3.63, 3.8) is 0 Å². The van der Waals surface area contributed by atoms with Crippen LogP contribution in [0.5, 0.6) is 0 Å². The van der Waals surface area contributed by atoms with Crippen LogP contribution in [0.15, 0.2) is 29.3 Å². The molecule has 1 atom stereocenters. The van der Waals surface area contributed by atoms with Crippen molar-refractivity contribution in [3.05, 3.63) is 35.4 Å². The summed E-state index contributed by atoms with van der Waals surface area (Å²) < 4.78 is 0. The Labute approximate surface area is 91.0 Å². The summed E-state index contributed by atoms with van der Waals surface area (Å²) in [5.41, 5.74) is 2.50. The van der Waals surface area contributed by atoms with E-state index in [-0.39, 0.29) is 11.5 Å². The van der Waals surface area contributed by atoms with Crippen LogP contribution in [0.3, 0.4) is 0 Å². The van der Waals surface area contributed by atoms with Gasteiger partial charge in [-0.05, 0) is 23.5 Å². The lowest BCUT2D eigenvalue weighted by atomic mass is 9.86. The maximum atomic E-state index is 10.1. The average molecular weight is 203 g/mol. The van der Waals surface area contributed by atoms with Crippen LogP contribution in [0.2, 0.25) is 0 Å². The fourth-order valence-electron chi connectivity index (χ4n) is 1.42. The van der Waals surface area contributed by atoms with Crippen LogP contribution in [0, 0.1) is 0 Å². The van der Waals surface area contributed by atoms with Crippen molar-refractivity contribution in [2.24, 2.45) is 4.99 Å². The Morgan fingerprint density at radius 2 is 1.73 bits per heavy atom. The maximum Gasteiger partial charge on any atom is 0.235 e. The van der Waals surface area contributed by atoms with Crippen LogP contribution in [0.25, 0.3) is 0 Å². The Kier molecular flexibility index (Phi) is 3.43. The molecule has 2 nitrogen and oxygen atoms in total. The molecule has 0 amide bonds. The molecule has 1 unspecified atom stereocenters. The van der Waals surface area contributed by atoms with E-state index in [1.807, 2.05) is 19.1 Å². The third-order valence-corrected chi connectivity index (χ3v) is 2.51. The van der Waals surface area contributed by atoms with Crippen LogP contribution in [0.4, 0.5) is 0 Å². The van der Waals surface area contributed by atoms with Gasteiger partial charge in [0.2, 0.25) is 6.08 Å². The molecule has 0 N–H and O–H groups in total. The molecular formula is C13H17NO. The largest absolute Gasteiger partial charge is 0.235 e. The van der Waals surface area contributed by atoms with E-state index in [9.17, 15) is 4.79 Å². The Hall–Kier alpha value is -1.40. The first-order chi connectivity index (χ1) is 6.95. The van der Waals surface area contributed by atoms with E-state index in [1.54, 1.807) is 6.08 Å². The van der Waals surface area contributed by atoms with Crippen LogP contribution in [-0.4, -0.2) is 6.08 Å². The molecule has 1 aromatic rings. The van der Waals surface area contributed by atoms with Crippen molar-refractivity contribution in [3.8, 4) is 0 Å². The maximum absolute atomic E-state index is 10.1. The highest BCUT2D eigenvalue weighted by Crippen LogP contribution is 2.24. The van der Waals surface area contributed by atoms with Crippen molar-refractivity contribution in [2.45, 2.75) is 39.2 Å². The number of benzene rings is 1. The van der Waals surface area contributed by atoms with E-state index in [0.29, 0.717) is 0 Å². The Bertz CT molecular complexity index is 367. The number of carbonyl (C=O) groups excluding carboxylic acids is 1. The molecule has 0 heterocycles. The summed E-state index contributed by atoms with van der Waals surface area (Å²) in [7, 11) is 0. The summed E-state index contributed by atoms with van der Waals surface area (Å²) in [6.07, 6.45) is 1.59. The Morgan fingerprint density at radius 1 is 1.20 bits per heavy atom. The minimum Gasteiger partial charge on any atom is -0.211 e. The van der Waals surface area contributed by atoms with Crippen LogP contribution in [-0.2, 0) is 10.2 Å². The predicted molar refractivity (Wildman–Crippen MR) is 61.7 cm³/mol. The topological polar surface area (TPSA) is 29.4 Å². The second-order valence-electron chi connectivity index (χ2n) is 4.77. The third-order valence-electron chi connectivity index (χ3n) is 2.51. The van der Waals surface area contributed by atoms with Gasteiger partial charge in [0.15, 0.2) is 0 Å².